The Labute approximate surface area is 206 Å². The van der Waals surface area contributed by atoms with Crippen LogP contribution >= 0.6 is 11.6 Å². The lowest BCUT2D eigenvalue weighted by Gasteiger charge is -2.22. The number of aromatic nitrogens is 1. The lowest BCUT2D eigenvalue weighted by Crippen LogP contribution is -2.12. The van der Waals surface area contributed by atoms with Crippen LogP contribution in [-0.4, -0.2) is 24.5 Å². The summed E-state index contributed by atoms with van der Waals surface area (Å²) in [6, 6.07) is 12.4. The molecule has 0 saturated heterocycles. The largest absolute Gasteiger partial charge is 0.495 e. The Kier molecular flexibility index (Phi) is 9.05. The molecule has 0 aliphatic carbocycles. The Hall–Kier alpha value is -2.92. The molecular formula is C28H31ClFNO3. The Morgan fingerprint density at radius 3 is 2.47 bits per heavy atom. The fourth-order valence-electron chi connectivity index (χ4n) is 4.21. The molecule has 3 rings (SSSR count). The van der Waals surface area contributed by atoms with E-state index in [1.165, 1.54) is 19.1 Å². The molecule has 0 N–H and O–H groups in total. The summed E-state index contributed by atoms with van der Waals surface area (Å²) in [7, 11) is 1.58. The van der Waals surface area contributed by atoms with Gasteiger partial charge < -0.3 is 9.47 Å². The predicted molar refractivity (Wildman–Crippen MR) is 134 cm³/mol. The second-order valence-corrected chi connectivity index (χ2v) is 8.85. The van der Waals surface area contributed by atoms with Crippen molar-refractivity contribution < 1.29 is 18.7 Å². The van der Waals surface area contributed by atoms with E-state index in [2.05, 4.69) is 11.9 Å². The fourth-order valence-corrected chi connectivity index (χ4v) is 4.49. The topological polar surface area (TPSA) is 48.4 Å². The SMILES string of the molecule is COc1c(Cl)c(C)c(C(C)=O)c(OCCc2ccccn2)c1CCCC(C)c1ccc(F)cc1. The minimum atomic E-state index is -0.237. The van der Waals surface area contributed by atoms with Gasteiger partial charge in [-0.3, -0.25) is 9.78 Å². The third kappa shape index (κ3) is 6.15. The van der Waals surface area contributed by atoms with Gasteiger partial charge in [-0.15, -0.1) is 0 Å². The number of rotatable bonds is 11. The van der Waals surface area contributed by atoms with Crippen LogP contribution in [0.5, 0.6) is 11.5 Å². The Balaban J connectivity index is 1.85. The van der Waals surface area contributed by atoms with Crippen LogP contribution in [0.25, 0.3) is 0 Å². The summed E-state index contributed by atoms with van der Waals surface area (Å²) in [5.41, 5.74) is 3.96. The van der Waals surface area contributed by atoms with Crippen molar-refractivity contribution in [2.75, 3.05) is 13.7 Å². The molecule has 3 aromatic rings. The Morgan fingerprint density at radius 2 is 1.85 bits per heavy atom. The van der Waals surface area contributed by atoms with Crippen LogP contribution < -0.4 is 9.47 Å². The van der Waals surface area contributed by atoms with Gasteiger partial charge in [-0.05, 0) is 74.4 Å². The van der Waals surface area contributed by atoms with Crippen molar-refractivity contribution in [3.8, 4) is 11.5 Å². The molecule has 1 heterocycles. The summed E-state index contributed by atoms with van der Waals surface area (Å²) >= 11 is 6.62. The quantitative estimate of drug-likeness (QED) is 0.272. The number of carbonyl (C=O) groups is 1. The number of halogens is 2. The van der Waals surface area contributed by atoms with Gasteiger partial charge in [-0.2, -0.15) is 0 Å². The molecule has 1 aromatic heterocycles. The van der Waals surface area contributed by atoms with Crippen molar-refractivity contribution in [2.45, 2.75) is 52.4 Å². The van der Waals surface area contributed by atoms with E-state index in [-0.39, 0.29) is 17.5 Å². The maximum atomic E-state index is 13.3. The minimum Gasteiger partial charge on any atom is -0.495 e. The van der Waals surface area contributed by atoms with Crippen molar-refractivity contribution >= 4 is 17.4 Å². The van der Waals surface area contributed by atoms with Crippen LogP contribution in [0.1, 0.15) is 65.3 Å². The highest BCUT2D eigenvalue weighted by Crippen LogP contribution is 2.43. The summed E-state index contributed by atoms with van der Waals surface area (Å²) in [6.45, 7) is 5.84. The van der Waals surface area contributed by atoms with E-state index in [0.29, 0.717) is 47.1 Å². The molecule has 1 atom stereocenters. The molecule has 34 heavy (non-hydrogen) atoms. The van der Waals surface area contributed by atoms with Crippen LogP contribution in [0, 0.1) is 12.7 Å². The number of ether oxygens (including phenoxy) is 2. The van der Waals surface area contributed by atoms with E-state index in [4.69, 9.17) is 21.1 Å². The van der Waals surface area contributed by atoms with E-state index in [1.54, 1.807) is 13.3 Å². The molecule has 1 unspecified atom stereocenters. The van der Waals surface area contributed by atoms with Crippen molar-refractivity contribution in [3.63, 3.8) is 0 Å². The van der Waals surface area contributed by atoms with Gasteiger partial charge in [-0.25, -0.2) is 4.39 Å². The average Bonchev–Trinajstić information content (AvgIpc) is 2.82. The van der Waals surface area contributed by atoms with E-state index in [9.17, 15) is 9.18 Å². The zero-order valence-corrected chi connectivity index (χ0v) is 20.9. The van der Waals surface area contributed by atoms with Crippen LogP contribution in [-0.2, 0) is 12.8 Å². The van der Waals surface area contributed by atoms with Crippen molar-refractivity contribution in [3.05, 3.63) is 87.4 Å². The van der Waals surface area contributed by atoms with Gasteiger partial charge in [0.25, 0.3) is 0 Å². The number of hydrogen-bond donors (Lipinski definition) is 0. The number of benzene rings is 2. The van der Waals surface area contributed by atoms with E-state index < -0.39 is 0 Å². The summed E-state index contributed by atoms with van der Waals surface area (Å²) in [5, 5.41) is 0.436. The first-order valence-electron chi connectivity index (χ1n) is 11.5. The maximum Gasteiger partial charge on any atom is 0.163 e. The van der Waals surface area contributed by atoms with Crippen LogP contribution in [0.4, 0.5) is 4.39 Å². The third-order valence-corrected chi connectivity index (χ3v) is 6.52. The standard InChI is InChI=1S/C28H31ClFNO3/c1-18(21-11-13-22(30)14-12-21)8-7-10-24-27(34-17-15-23-9-5-6-16-31-23)25(20(3)32)19(2)26(29)28(24)33-4/h5-6,9,11-14,16,18H,7-8,10,15,17H2,1-4H3. The lowest BCUT2D eigenvalue weighted by molar-refractivity contribution is 0.101. The molecule has 6 heteroatoms. The smallest absolute Gasteiger partial charge is 0.163 e. The number of hydrogen-bond acceptors (Lipinski definition) is 4. The number of methoxy groups -OCH3 is 1. The molecule has 0 bridgehead atoms. The molecule has 180 valence electrons. The van der Waals surface area contributed by atoms with Gasteiger partial charge >= 0.3 is 0 Å². The first kappa shape index (κ1) is 25.7. The van der Waals surface area contributed by atoms with Crippen molar-refractivity contribution in [1.29, 1.82) is 0 Å². The highest BCUT2D eigenvalue weighted by atomic mass is 35.5. The van der Waals surface area contributed by atoms with Crippen LogP contribution in [0.15, 0.2) is 48.7 Å². The minimum absolute atomic E-state index is 0.101. The van der Waals surface area contributed by atoms with Gasteiger partial charge in [0.2, 0.25) is 0 Å². The number of pyridine rings is 1. The van der Waals surface area contributed by atoms with Gasteiger partial charge in [0.15, 0.2) is 5.78 Å². The van der Waals surface area contributed by atoms with Crippen molar-refractivity contribution in [1.82, 2.24) is 4.98 Å². The van der Waals surface area contributed by atoms with Gasteiger partial charge in [0, 0.05) is 23.9 Å². The molecular weight excluding hydrogens is 453 g/mol. The molecule has 0 fully saturated rings. The third-order valence-electron chi connectivity index (χ3n) is 6.07. The molecule has 0 saturated carbocycles. The maximum absolute atomic E-state index is 13.3. The molecule has 0 aliphatic heterocycles. The van der Waals surface area contributed by atoms with Crippen molar-refractivity contribution in [2.24, 2.45) is 0 Å². The zero-order valence-electron chi connectivity index (χ0n) is 20.2. The van der Waals surface area contributed by atoms with Crippen LogP contribution in [0.3, 0.4) is 0 Å². The van der Waals surface area contributed by atoms with Gasteiger partial charge in [0.05, 0.1) is 24.3 Å². The summed E-state index contributed by atoms with van der Waals surface area (Å²) in [5.74, 6) is 1.01. The summed E-state index contributed by atoms with van der Waals surface area (Å²) in [4.78, 5) is 16.9. The Bertz CT molecular complexity index is 1120. The molecule has 0 amide bonds. The fraction of sp³-hybridized carbons (Fsp3) is 0.357. The number of carbonyl (C=O) groups excluding carboxylic acids is 1. The van der Waals surface area contributed by atoms with E-state index >= 15 is 0 Å². The van der Waals surface area contributed by atoms with E-state index in [0.717, 1.165) is 29.7 Å². The summed E-state index contributed by atoms with van der Waals surface area (Å²) < 4.78 is 25.2. The average molecular weight is 484 g/mol. The predicted octanol–water partition coefficient (Wildman–Crippen LogP) is 7.14. The zero-order chi connectivity index (χ0) is 24.7. The highest BCUT2D eigenvalue weighted by Gasteiger charge is 2.25. The normalized spacial score (nSPS) is 11.8. The Morgan fingerprint density at radius 1 is 1.12 bits per heavy atom. The monoisotopic (exact) mass is 483 g/mol. The molecule has 4 nitrogen and oxygen atoms in total. The van der Waals surface area contributed by atoms with Gasteiger partial charge in [-0.1, -0.05) is 36.7 Å². The number of nitrogens with zero attached hydrogens (tertiary/aromatic N) is 1. The molecule has 0 aliphatic rings. The second-order valence-electron chi connectivity index (χ2n) is 8.48. The lowest BCUT2D eigenvalue weighted by atomic mass is 9.92. The number of Topliss-reactive ketones (excluding diaryl/α,β-unsaturated/α-hetero) is 1. The summed E-state index contributed by atoms with van der Waals surface area (Å²) in [6.07, 6.45) is 4.70. The molecule has 2 aromatic carbocycles. The first-order chi connectivity index (χ1) is 16.3. The first-order valence-corrected chi connectivity index (χ1v) is 11.9. The van der Waals surface area contributed by atoms with E-state index in [1.807, 2.05) is 37.3 Å². The second kappa shape index (κ2) is 12.0. The number of ketones is 1. The van der Waals surface area contributed by atoms with Crippen LogP contribution in [0.2, 0.25) is 5.02 Å². The molecule has 0 spiro atoms. The molecule has 0 radical (unpaired) electrons. The highest BCUT2D eigenvalue weighted by molar-refractivity contribution is 6.33. The van der Waals surface area contributed by atoms with Gasteiger partial charge in [0.1, 0.15) is 17.3 Å².